The lowest BCUT2D eigenvalue weighted by Crippen LogP contribution is -2.20. The van der Waals surface area contributed by atoms with Gasteiger partial charge in [-0.2, -0.15) is 0 Å². The SMILES string of the molecule is Cc1cc(OCC(=O)Nc2nc(-c3ccc(F)cc3)c(C)s2)ccc1C(C)C. The van der Waals surface area contributed by atoms with E-state index in [9.17, 15) is 9.18 Å². The maximum Gasteiger partial charge on any atom is 0.264 e. The molecule has 0 aliphatic carbocycles. The van der Waals surface area contributed by atoms with Crippen molar-refractivity contribution in [1.82, 2.24) is 4.98 Å². The molecule has 0 bridgehead atoms. The number of carbonyl (C=O) groups is 1. The number of thiazole rings is 1. The molecule has 1 amide bonds. The Hall–Kier alpha value is -2.73. The smallest absolute Gasteiger partial charge is 0.264 e. The predicted octanol–water partition coefficient (Wildman–Crippen LogP) is 5.71. The highest BCUT2D eigenvalue weighted by Gasteiger charge is 2.13. The second-order valence-corrected chi connectivity index (χ2v) is 8.14. The van der Waals surface area contributed by atoms with Crippen LogP contribution in [0.15, 0.2) is 42.5 Å². The van der Waals surface area contributed by atoms with Crippen LogP contribution in [0.3, 0.4) is 0 Å². The van der Waals surface area contributed by atoms with Crippen LogP contribution in [0.1, 0.15) is 35.8 Å². The van der Waals surface area contributed by atoms with Gasteiger partial charge in [-0.05, 0) is 67.3 Å². The molecule has 6 heteroatoms. The van der Waals surface area contributed by atoms with Crippen molar-refractivity contribution in [2.45, 2.75) is 33.6 Å². The first-order valence-electron chi connectivity index (χ1n) is 9.10. The van der Waals surface area contributed by atoms with Crippen LogP contribution >= 0.6 is 11.3 Å². The van der Waals surface area contributed by atoms with Crippen LogP contribution in [0.2, 0.25) is 0 Å². The van der Waals surface area contributed by atoms with E-state index in [0.29, 0.717) is 16.8 Å². The highest BCUT2D eigenvalue weighted by molar-refractivity contribution is 7.16. The number of carbonyl (C=O) groups excluding carboxylic acids is 1. The Morgan fingerprint density at radius 2 is 1.89 bits per heavy atom. The zero-order valence-corrected chi connectivity index (χ0v) is 17.2. The van der Waals surface area contributed by atoms with Crippen LogP contribution in [-0.4, -0.2) is 17.5 Å². The van der Waals surface area contributed by atoms with Crippen molar-refractivity contribution in [3.05, 3.63) is 64.3 Å². The van der Waals surface area contributed by atoms with Gasteiger partial charge in [-0.3, -0.25) is 10.1 Å². The number of rotatable bonds is 6. The maximum atomic E-state index is 13.1. The fourth-order valence-electron chi connectivity index (χ4n) is 3.02. The number of aryl methyl sites for hydroxylation is 2. The number of benzene rings is 2. The van der Waals surface area contributed by atoms with Gasteiger partial charge in [0.15, 0.2) is 11.7 Å². The van der Waals surface area contributed by atoms with Crippen LogP contribution in [0, 0.1) is 19.7 Å². The Morgan fingerprint density at radius 3 is 2.54 bits per heavy atom. The summed E-state index contributed by atoms with van der Waals surface area (Å²) in [6, 6.07) is 12.0. The summed E-state index contributed by atoms with van der Waals surface area (Å²) in [7, 11) is 0. The summed E-state index contributed by atoms with van der Waals surface area (Å²) in [6.45, 7) is 8.16. The van der Waals surface area contributed by atoms with Crippen molar-refractivity contribution in [1.29, 1.82) is 0 Å². The molecule has 0 radical (unpaired) electrons. The number of hydrogen-bond acceptors (Lipinski definition) is 4. The summed E-state index contributed by atoms with van der Waals surface area (Å²) < 4.78 is 18.7. The Labute approximate surface area is 168 Å². The third-order valence-electron chi connectivity index (χ3n) is 4.39. The number of amides is 1. The topological polar surface area (TPSA) is 51.2 Å². The lowest BCUT2D eigenvalue weighted by atomic mass is 9.98. The van der Waals surface area contributed by atoms with Gasteiger partial charge in [-0.1, -0.05) is 19.9 Å². The average Bonchev–Trinajstić information content (AvgIpc) is 3.00. The quantitative estimate of drug-likeness (QED) is 0.579. The van der Waals surface area contributed by atoms with E-state index in [1.807, 2.05) is 32.0 Å². The Balaban J connectivity index is 1.62. The molecule has 0 fully saturated rings. The fourth-order valence-corrected chi connectivity index (χ4v) is 3.87. The minimum atomic E-state index is -0.293. The number of nitrogens with one attached hydrogen (secondary N) is 1. The molecule has 28 heavy (non-hydrogen) atoms. The van der Waals surface area contributed by atoms with Gasteiger partial charge in [0.1, 0.15) is 11.6 Å². The van der Waals surface area contributed by atoms with Gasteiger partial charge >= 0.3 is 0 Å². The monoisotopic (exact) mass is 398 g/mol. The molecule has 0 aliphatic rings. The third-order valence-corrected chi connectivity index (χ3v) is 5.28. The lowest BCUT2D eigenvalue weighted by molar-refractivity contribution is -0.118. The molecule has 0 spiro atoms. The van der Waals surface area contributed by atoms with Crippen LogP contribution < -0.4 is 10.1 Å². The van der Waals surface area contributed by atoms with Gasteiger partial charge in [0.2, 0.25) is 0 Å². The molecular formula is C22H23FN2O2S. The second-order valence-electron chi connectivity index (χ2n) is 6.94. The number of halogens is 1. The molecule has 1 heterocycles. The highest BCUT2D eigenvalue weighted by Crippen LogP contribution is 2.30. The fraction of sp³-hybridized carbons (Fsp3) is 0.273. The van der Waals surface area contributed by atoms with Gasteiger partial charge in [0, 0.05) is 10.4 Å². The molecular weight excluding hydrogens is 375 g/mol. The molecule has 0 saturated heterocycles. The summed E-state index contributed by atoms with van der Waals surface area (Å²) in [4.78, 5) is 17.6. The van der Waals surface area contributed by atoms with Crippen LogP contribution in [0.25, 0.3) is 11.3 Å². The molecule has 3 rings (SSSR count). The van der Waals surface area contributed by atoms with Crippen molar-refractivity contribution in [2.75, 3.05) is 11.9 Å². The molecule has 3 aromatic rings. The van der Waals surface area contributed by atoms with Crippen LogP contribution in [-0.2, 0) is 4.79 Å². The van der Waals surface area contributed by atoms with Crippen molar-refractivity contribution >= 4 is 22.4 Å². The van der Waals surface area contributed by atoms with E-state index in [0.717, 1.165) is 21.7 Å². The zero-order valence-electron chi connectivity index (χ0n) is 16.4. The predicted molar refractivity (Wildman–Crippen MR) is 112 cm³/mol. The van der Waals surface area contributed by atoms with Crippen molar-refractivity contribution in [3.63, 3.8) is 0 Å². The average molecular weight is 399 g/mol. The summed E-state index contributed by atoms with van der Waals surface area (Å²) >= 11 is 1.38. The largest absolute Gasteiger partial charge is 0.484 e. The molecule has 2 aromatic carbocycles. The van der Waals surface area contributed by atoms with E-state index in [1.165, 1.54) is 29.0 Å². The second kappa shape index (κ2) is 8.52. The number of hydrogen-bond donors (Lipinski definition) is 1. The normalized spacial score (nSPS) is 10.9. The molecule has 0 aliphatic heterocycles. The van der Waals surface area contributed by atoms with E-state index in [-0.39, 0.29) is 18.3 Å². The van der Waals surface area contributed by atoms with E-state index in [1.54, 1.807) is 12.1 Å². The first-order chi connectivity index (χ1) is 13.3. The summed E-state index contributed by atoms with van der Waals surface area (Å²) in [5.74, 6) is 0.545. The summed E-state index contributed by atoms with van der Waals surface area (Å²) in [6.07, 6.45) is 0. The Morgan fingerprint density at radius 1 is 1.18 bits per heavy atom. The van der Waals surface area contributed by atoms with Gasteiger partial charge in [-0.15, -0.1) is 11.3 Å². The molecule has 0 saturated carbocycles. The van der Waals surface area contributed by atoms with Crippen molar-refractivity contribution in [3.8, 4) is 17.0 Å². The Kier molecular flexibility index (Phi) is 6.09. The standard InChI is InChI=1S/C22H23FN2O2S/c1-13(2)19-10-9-18(11-14(19)3)27-12-20(26)24-22-25-21(15(4)28-22)16-5-7-17(23)8-6-16/h5-11,13H,12H2,1-4H3,(H,24,25,26). The van der Waals surface area contributed by atoms with Gasteiger partial charge in [0.25, 0.3) is 5.91 Å². The number of nitrogens with zero attached hydrogens (tertiary/aromatic N) is 1. The van der Waals surface area contributed by atoms with Crippen molar-refractivity contribution < 1.29 is 13.9 Å². The molecule has 0 unspecified atom stereocenters. The van der Waals surface area contributed by atoms with Gasteiger partial charge < -0.3 is 4.74 Å². The van der Waals surface area contributed by atoms with Gasteiger partial charge in [0.05, 0.1) is 5.69 Å². The molecule has 0 atom stereocenters. The van der Waals surface area contributed by atoms with E-state index in [4.69, 9.17) is 4.74 Å². The first-order valence-corrected chi connectivity index (χ1v) is 9.91. The maximum absolute atomic E-state index is 13.1. The molecule has 1 aromatic heterocycles. The molecule has 4 nitrogen and oxygen atoms in total. The van der Waals surface area contributed by atoms with E-state index in [2.05, 4.69) is 24.1 Å². The van der Waals surface area contributed by atoms with Crippen LogP contribution in [0.4, 0.5) is 9.52 Å². The highest BCUT2D eigenvalue weighted by atomic mass is 32.1. The third kappa shape index (κ3) is 4.75. The number of anilines is 1. The Bertz CT molecular complexity index is 981. The minimum Gasteiger partial charge on any atom is -0.484 e. The van der Waals surface area contributed by atoms with Gasteiger partial charge in [-0.25, -0.2) is 9.37 Å². The summed E-state index contributed by atoms with van der Waals surface area (Å²) in [5.41, 5.74) is 3.96. The summed E-state index contributed by atoms with van der Waals surface area (Å²) in [5, 5.41) is 3.27. The first kappa shape index (κ1) is 20.0. The molecule has 1 N–H and O–H groups in total. The van der Waals surface area contributed by atoms with Crippen molar-refractivity contribution in [2.24, 2.45) is 0 Å². The minimum absolute atomic E-state index is 0.0923. The molecule has 146 valence electrons. The zero-order chi connectivity index (χ0) is 20.3. The van der Waals surface area contributed by atoms with Crippen LogP contribution in [0.5, 0.6) is 5.75 Å². The number of aromatic nitrogens is 1. The van der Waals surface area contributed by atoms with E-state index >= 15 is 0 Å². The van der Waals surface area contributed by atoms with E-state index < -0.39 is 0 Å². The number of ether oxygens (including phenoxy) is 1. The lowest BCUT2D eigenvalue weighted by Gasteiger charge is -2.12.